The SMILES string of the molecule is CCCC#CS(=O)(=O)c1ccccc1. The fraction of sp³-hybridized carbons (Fsp3) is 0.273. The second-order valence-corrected chi connectivity index (χ2v) is 4.53. The molecular weight excluding hydrogens is 196 g/mol. The van der Waals surface area contributed by atoms with Crippen LogP contribution < -0.4 is 0 Å². The molecule has 0 saturated carbocycles. The molecule has 1 aromatic rings. The summed E-state index contributed by atoms with van der Waals surface area (Å²) in [7, 11) is -3.39. The highest BCUT2D eigenvalue weighted by Gasteiger charge is 2.08. The Kier molecular flexibility index (Phi) is 3.73. The first kappa shape index (κ1) is 10.8. The Morgan fingerprint density at radius 1 is 1.21 bits per heavy atom. The summed E-state index contributed by atoms with van der Waals surface area (Å²) in [5.41, 5.74) is 0. The number of benzene rings is 1. The summed E-state index contributed by atoms with van der Waals surface area (Å²) in [5, 5.41) is 2.30. The lowest BCUT2D eigenvalue weighted by atomic mass is 10.4. The van der Waals surface area contributed by atoms with E-state index >= 15 is 0 Å². The summed E-state index contributed by atoms with van der Waals surface area (Å²) in [6.45, 7) is 1.96. The van der Waals surface area contributed by atoms with Gasteiger partial charge in [0, 0.05) is 11.7 Å². The Labute approximate surface area is 84.9 Å². The maximum atomic E-state index is 11.5. The number of hydrogen-bond acceptors (Lipinski definition) is 2. The monoisotopic (exact) mass is 208 g/mol. The topological polar surface area (TPSA) is 34.1 Å². The van der Waals surface area contributed by atoms with Crippen molar-refractivity contribution >= 4 is 9.84 Å². The molecule has 0 fully saturated rings. The predicted molar refractivity (Wildman–Crippen MR) is 56.3 cm³/mol. The van der Waals surface area contributed by atoms with Crippen molar-refractivity contribution in [2.75, 3.05) is 0 Å². The van der Waals surface area contributed by atoms with Crippen molar-refractivity contribution in [1.82, 2.24) is 0 Å². The van der Waals surface area contributed by atoms with Crippen LogP contribution in [0, 0.1) is 11.2 Å². The molecule has 74 valence electrons. The summed E-state index contributed by atoms with van der Waals surface area (Å²) in [6, 6.07) is 8.26. The van der Waals surface area contributed by atoms with Crippen LogP contribution in [-0.2, 0) is 9.84 Å². The normalized spacial score (nSPS) is 10.4. The van der Waals surface area contributed by atoms with Crippen molar-refractivity contribution in [3.63, 3.8) is 0 Å². The van der Waals surface area contributed by atoms with Gasteiger partial charge in [-0.15, -0.1) is 0 Å². The number of hydrogen-bond donors (Lipinski definition) is 0. The van der Waals surface area contributed by atoms with Gasteiger partial charge in [-0.3, -0.25) is 0 Å². The maximum Gasteiger partial charge on any atom is 0.245 e. The Morgan fingerprint density at radius 3 is 2.43 bits per heavy atom. The molecule has 0 heterocycles. The molecule has 0 atom stereocenters. The first-order valence-corrected chi connectivity index (χ1v) is 5.95. The Bertz CT molecular complexity index is 435. The Balaban J connectivity index is 2.95. The van der Waals surface area contributed by atoms with Gasteiger partial charge in [-0.05, 0) is 18.6 Å². The van der Waals surface area contributed by atoms with Crippen LogP contribution in [0.5, 0.6) is 0 Å². The summed E-state index contributed by atoms with van der Waals surface area (Å²) in [5.74, 6) is 2.64. The molecule has 2 nitrogen and oxygen atoms in total. The second kappa shape index (κ2) is 4.83. The van der Waals surface area contributed by atoms with Crippen molar-refractivity contribution in [1.29, 1.82) is 0 Å². The molecule has 0 radical (unpaired) electrons. The van der Waals surface area contributed by atoms with Gasteiger partial charge in [0.1, 0.15) is 0 Å². The quantitative estimate of drug-likeness (QED) is 0.551. The average Bonchev–Trinajstić information content (AvgIpc) is 2.19. The molecule has 1 aromatic carbocycles. The van der Waals surface area contributed by atoms with Gasteiger partial charge in [-0.1, -0.05) is 31.0 Å². The van der Waals surface area contributed by atoms with E-state index in [0.29, 0.717) is 6.42 Å². The Hall–Kier alpha value is -1.27. The van der Waals surface area contributed by atoms with Gasteiger partial charge in [0.15, 0.2) is 0 Å². The molecule has 0 bridgehead atoms. The lowest BCUT2D eigenvalue weighted by Crippen LogP contribution is -1.95. The third-order valence-electron chi connectivity index (χ3n) is 1.64. The molecule has 0 aliphatic rings. The van der Waals surface area contributed by atoms with E-state index in [1.807, 2.05) is 6.92 Å². The molecule has 0 spiro atoms. The molecule has 0 unspecified atom stereocenters. The van der Waals surface area contributed by atoms with Gasteiger partial charge >= 0.3 is 0 Å². The van der Waals surface area contributed by atoms with E-state index in [1.54, 1.807) is 30.3 Å². The van der Waals surface area contributed by atoms with E-state index in [0.717, 1.165) is 6.42 Å². The molecule has 3 heteroatoms. The molecular formula is C11H12O2S. The third-order valence-corrected chi connectivity index (χ3v) is 2.94. The second-order valence-electron chi connectivity index (χ2n) is 2.85. The number of rotatable bonds is 2. The van der Waals surface area contributed by atoms with Crippen LogP contribution in [0.1, 0.15) is 19.8 Å². The van der Waals surface area contributed by atoms with E-state index in [9.17, 15) is 8.42 Å². The van der Waals surface area contributed by atoms with Gasteiger partial charge in [0.25, 0.3) is 0 Å². The van der Waals surface area contributed by atoms with E-state index in [-0.39, 0.29) is 4.90 Å². The van der Waals surface area contributed by atoms with Crippen LogP contribution in [-0.4, -0.2) is 8.42 Å². The smallest absolute Gasteiger partial charge is 0.210 e. The van der Waals surface area contributed by atoms with Gasteiger partial charge in [0.2, 0.25) is 9.84 Å². The molecule has 0 aromatic heterocycles. The molecule has 0 amide bonds. The van der Waals surface area contributed by atoms with E-state index < -0.39 is 9.84 Å². The van der Waals surface area contributed by atoms with Crippen LogP contribution in [0.4, 0.5) is 0 Å². The van der Waals surface area contributed by atoms with Crippen molar-refractivity contribution in [2.45, 2.75) is 24.7 Å². The van der Waals surface area contributed by atoms with Crippen molar-refractivity contribution < 1.29 is 8.42 Å². The van der Waals surface area contributed by atoms with E-state index in [4.69, 9.17) is 0 Å². The summed E-state index contributed by atoms with van der Waals surface area (Å²) in [4.78, 5) is 0.267. The first-order chi connectivity index (χ1) is 6.67. The summed E-state index contributed by atoms with van der Waals surface area (Å²) < 4.78 is 23.1. The summed E-state index contributed by atoms with van der Waals surface area (Å²) in [6.07, 6.45) is 1.49. The zero-order valence-electron chi connectivity index (χ0n) is 8.03. The van der Waals surface area contributed by atoms with Crippen molar-refractivity contribution in [2.24, 2.45) is 0 Å². The molecule has 0 N–H and O–H groups in total. The van der Waals surface area contributed by atoms with Crippen LogP contribution in [0.3, 0.4) is 0 Å². The fourth-order valence-electron chi connectivity index (χ4n) is 0.930. The fourth-order valence-corrected chi connectivity index (χ4v) is 1.85. The van der Waals surface area contributed by atoms with Gasteiger partial charge < -0.3 is 0 Å². The maximum absolute atomic E-state index is 11.5. The zero-order valence-corrected chi connectivity index (χ0v) is 8.84. The van der Waals surface area contributed by atoms with Crippen LogP contribution >= 0.6 is 0 Å². The standard InChI is InChI=1S/C11H12O2S/c1-2-3-7-10-14(12,13)11-8-5-4-6-9-11/h4-6,8-9H,2-3H2,1H3. The van der Waals surface area contributed by atoms with E-state index in [2.05, 4.69) is 11.2 Å². The number of sulfone groups is 1. The molecule has 0 aliphatic heterocycles. The molecule has 0 saturated heterocycles. The average molecular weight is 208 g/mol. The molecule has 1 rings (SSSR count). The highest BCUT2D eigenvalue weighted by atomic mass is 32.2. The highest BCUT2D eigenvalue weighted by Crippen LogP contribution is 2.08. The van der Waals surface area contributed by atoms with Crippen molar-refractivity contribution in [3.05, 3.63) is 30.3 Å². The Morgan fingerprint density at radius 2 is 1.86 bits per heavy atom. The summed E-state index contributed by atoms with van der Waals surface area (Å²) >= 11 is 0. The van der Waals surface area contributed by atoms with Crippen LogP contribution in [0.2, 0.25) is 0 Å². The lowest BCUT2D eigenvalue weighted by molar-refractivity contribution is 0.606. The van der Waals surface area contributed by atoms with Crippen LogP contribution in [0.15, 0.2) is 35.2 Å². The first-order valence-electron chi connectivity index (χ1n) is 4.46. The largest absolute Gasteiger partial charge is 0.245 e. The van der Waals surface area contributed by atoms with Crippen molar-refractivity contribution in [3.8, 4) is 11.2 Å². The van der Waals surface area contributed by atoms with Gasteiger partial charge in [-0.2, -0.15) is 0 Å². The molecule has 0 aliphatic carbocycles. The van der Waals surface area contributed by atoms with Crippen LogP contribution in [0.25, 0.3) is 0 Å². The third kappa shape index (κ3) is 2.90. The molecule has 14 heavy (non-hydrogen) atoms. The van der Waals surface area contributed by atoms with E-state index in [1.165, 1.54) is 0 Å². The highest BCUT2D eigenvalue weighted by molar-refractivity contribution is 7.96. The minimum Gasteiger partial charge on any atom is -0.210 e. The minimum atomic E-state index is -3.39. The minimum absolute atomic E-state index is 0.267. The van der Waals surface area contributed by atoms with Gasteiger partial charge in [0.05, 0.1) is 4.90 Å². The van der Waals surface area contributed by atoms with Gasteiger partial charge in [-0.25, -0.2) is 8.42 Å². The number of unbranched alkanes of at least 4 members (excludes halogenated alkanes) is 1. The lowest BCUT2D eigenvalue weighted by Gasteiger charge is -1.94. The predicted octanol–water partition coefficient (Wildman–Crippen LogP) is 2.22. The zero-order chi connectivity index (χ0) is 10.4.